The zero-order chi connectivity index (χ0) is 31.8. The van der Waals surface area contributed by atoms with Crippen LogP contribution in [0.15, 0.2) is 71.6 Å². The van der Waals surface area contributed by atoms with Crippen LogP contribution in [0.5, 0.6) is 0 Å². The van der Waals surface area contributed by atoms with E-state index in [-0.39, 0.29) is 19.5 Å². The van der Waals surface area contributed by atoms with Crippen LogP contribution >= 0.6 is 0 Å². The lowest BCUT2D eigenvalue weighted by molar-refractivity contribution is -0.143. The van der Waals surface area contributed by atoms with E-state index < -0.39 is 55.7 Å². The number of rotatable bonds is 8. The minimum atomic E-state index is -4.88. The van der Waals surface area contributed by atoms with E-state index in [1.165, 1.54) is 18.2 Å². The average Bonchev–Trinajstić information content (AvgIpc) is 2.96. The molecule has 0 radical (unpaired) electrons. The summed E-state index contributed by atoms with van der Waals surface area (Å²) in [5.41, 5.74) is -1.65. The van der Waals surface area contributed by atoms with Crippen molar-refractivity contribution in [2.75, 3.05) is 13.1 Å². The molecule has 0 spiro atoms. The SMILES string of the molecule is CCCC(C)(C(=O)O)c1cc(-c2ccc(C(F)(F)F)cc2)cc(C2CCCN(S(=O)(=O)c3ccccc3C(F)(F)F)C2)c1. The number of carboxylic acids is 1. The highest BCUT2D eigenvalue weighted by molar-refractivity contribution is 7.89. The fourth-order valence-corrected chi connectivity index (χ4v) is 7.33. The van der Waals surface area contributed by atoms with Crippen LogP contribution in [0.3, 0.4) is 0 Å². The summed E-state index contributed by atoms with van der Waals surface area (Å²) in [6.45, 7) is 3.23. The molecular weight excluding hydrogens is 596 g/mol. The van der Waals surface area contributed by atoms with E-state index in [2.05, 4.69) is 0 Å². The molecule has 5 nitrogen and oxygen atoms in total. The first kappa shape index (κ1) is 32.5. The molecule has 1 heterocycles. The number of carbonyl (C=O) groups is 1. The molecule has 1 N–H and O–H groups in total. The standard InChI is InChI=1S/C31H31F6NO4S/c1-3-14-29(2,28(39)40)25-17-22(20-10-12-24(13-11-20)30(32,33)34)16-23(18-25)21-7-6-15-38(19-21)43(41,42)27-9-5-4-8-26(27)31(35,36)37/h4-5,8-13,16-18,21H,3,6-7,14-15,19H2,1-2H3,(H,39,40). The van der Waals surface area contributed by atoms with E-state index in [1.54, 1.807) is 25.1 Å². The topological polar surface area (TPSA) is 74.7 Å². The van der Waals surface area contributed by atoms with Gasteiger partial charge < -0.3 is 5.11 Å². The number of sulfonamides is 1. The van der Waals surface area contributed by atoms with Gasteiger partial charge in [0.1, 0.15) is 0 Å². The van der Waals surface area contributed by atoms with Crippen molar-refractivity contribution in [3.05, 3.63) is 89.0 Å². The maximum atomic E-state index is 13.7. The number of aliphatic carboxylic acids is 1. The maximum absolute atomic E-state index is 13.7. The zero-order valence-corrected chi connectivity index (χ0v) is 24.3. The van der Waals surface area contributed by atoms with Gasteiger partial charge in [-0.3, -0.25) is 4.79 Å². The summed E-state index contributed by atoms with van der Waals surface area (Å²) in [7, 11) is -4.55. The molecule has 2 unspecified atom stereocenters. The Morgan fingerprint density at radius 2 is 1.56 bits per heavy atom. The predicted octanol–water partition coefficient (Wildman–Crippen LogP) is 8.10. The van der Waals surface area contributed by atoms with Gasteiger partial charge in [-0.05, 0) is 84.7 Å². The van der Waals surface area contributed by atoms with E-state index in [4.69, 9.17) is 0 Å². The van der Waals surface area contributed by atoms with Gasteiger partial charge in [-0.1, -0.05) is 49.7 Å². The van der Waals surface area contributed by atoms with E-state index in [1.807, 2.05) is 6.92 Å². The van der Waals surface area contributed by atoms with Crippen LogP contribution in [-0.2, 0) is 32.6 Å². The molecule has 232 valence electrons. The monoisotopic (exact) mass is 627 g/mol. The van der Waals surface area contributed by atoms with Gasteiger partial charge in [0.25, 0.3) is 0 Å². The van der Waals surface area contributed by atoms with E-state index in [0.29, 0.717) is 47.6 Å². The highest BCUT2D eigenvalue weighted by atomic mass is 32.2. The smallest absolute Gasteiger partial charge is 0.417 e. The van der Waals surface area contributed by atoms with Gasteiger partial charge >= 0.3 is 18.3 Å². The third kappa shape index (κ3) is 6.75. The lowest BCUT2D eigenvalue weighted by atomic mass is 9.76. The summed E-state index contributed by atoms with van der Waals surface area (Å²) in [4.78, 5) is 11.6. The van der Waals surface area contributed by atoms with E-state index in [0.717, 1.165) is 28.6 Å². The Hall–Kier alpha value is -3.38. The Bertz CT molecular complexity index is 1580. The van der Waals surface area contributed by atoms with Crippen molar-refractivity contribution in [1.29, 1.82) is 0 Å². The molecule has 43 heavy (non-hydrogen) atoms. The number of halogens is 6. The quantitative estimate of drug-likeness (QED) is 0.256. The van der Waals surface area contributed by atoms with Crippen LogP contribution in [0.25, 0.3) is 11.1 Å². The van der Waals surface area contributed by atoms with Crippen LogP contribution in [0, 0.1) is 0 Å². The molecule has 0 saturated carbocycles. The minimum absolute atomic E-state index is 0.000840. The largest absolute Gasteiger partial charge is 0.481 e. The fourth-order valence-electron chi connectivity index (χ4n) is 5.60. The number of hydrogen-bond donors (Lipinski definition) is 1. The van der Waals surface area contributed by atoms with Crippen molar-refractivity contribution >= 4 is 16.0 Å². The van der Waals surface area contributed by atoms with E-state index in [9.17, 15) is 44.7 Å². The maximum Gasteiger partial charge on any atom is 0.417 e. The van der Waals surface area contributed by atoms with Crippen molar-refractivity contribution in [3.8, 4) is 11.1 Å². The first-order valence-corrected chi connectivity index (χ1v) is 15.2. The molecule has 1 fully saturated rings. The first-order valence-electron chi connectivity index (χ1n) is 13.7. The number of piperidine rings is 1. The van der Waals surface area contributed by atoms with Crippen LogP contribution in [0.1, 0.15) is 67.7 Å². The van der Waals surface area contributed by atoms with Crippen LogP contribution in [-0.4, -0.2) is 36.9 Å². The molecule has 1 saturated heterocycles. The highest BCUT2D eigenvalue weighted by Gasteiger charge is 2.41. The second-order valence-corrected chi connectivity index (χ2v) is 12.9. The van der Waals surface area contributed by atoms with Crippen molar-refractivity contribution < 1.29 is 44.7 Å². The molecule has 3 aromatic rings. The lowest BCUT2D eigenvalue weighted by Gasteiger charge is -2.34. The van der Waals surface area contributed by atoms with Crippen LogP contribution in [0.2, 0.25) is 0 Å². The highest BCUT2D eigenvalue weighted by Crippen LogP contribution is 2.40. The van der Waals surface area contributed by atoms with Gasteiger partial charge in [0, 0.05) is 13.1 Å². The van der Waals surface area contributed by atoms with Crippen LogP contribution in [0.4, 0.5) is 26.3 Å². The van der Waals surface area contributed by atoms with Crippen molar-refractivity contribution in [2.24, 2.45) is 0 Å². The molecule has 4 rings (SSSR count). The van der Waals surface area contributed by atoms with Crippen molar-refractivity contribution in [2.45, 2.75) is 68.1 Å². The van der Waals surface area contributed by atoms with Gasteiger partial charge in [-0.15, -0.1) is 0 Å². The Balaban J connectivity index is 1.79. The van der Waals surface area contributed by atoms with Crippen molar-refractivity contribution in [3.63, 3.8) is 0 Å². The third-order valence-electron chi connectivity index (χ3n) is 8.03. The first-order chi connectivity index (χ1) is 20.0. The molecular formula is C31H31F6NO4S. The van der Waals surface area contributed by atoms with Gasteiger partial charge in [0.2, 0.25) is 10.0 Å². The minimum Gasteiger partial charge on any atom is -0.481 e. The molecule has 2 atom stereocenters. The summed E-state index contributed by atoms with van der Waals surface area (Å²) < 4.78 is 109. The molecule has 0 aromatic heterocycles. The van der Waals surface area contributed by atoms with Gasteiger partial charge in [-0.2, -0.15) is 30.6 Å². The van der Waals surface area contributed by atoms with Gasteiger partial charge in [0.05, 0.1) is 21.4 Å². The summed E-state index contributed by atoms with van der Waals surface area (Å²) in [6, 6.07) is 13.4. The molecule has 1 aliphatic rings. The number of benzene rings is 3. The molecule has 1 aliphatic heterocycles. The Labute approximate surface area is 246 Å². The number of carboxylic acid groups (broad SMARTS) is 1. The number of hydrogen-bond acceptors (Lipinski definition) is 3. The van der Waals surface area contributed by atoms with Crippen LogP contribution < -0.4 is 0 Å². The Morgan fingerprint density at radius 3 is 2.14 bits per heavy atom. The summed E-state index contributed by atoms with van der Waals surface area (Å²) in [5.74, 6) is -1.60. The molecule has 12 heteroatoms. The predicted molar refractivity (Wildman–Crippen MR) is 149 cm³/mol. The Morgan fingerprint density at radius 1 is 0.907 bits per heavy atom. The summed E-state index contributed by atoms with van der Waals surface area (Å²) in [5, 5.41) is 10.2. The number of alkyl halides is 6. The average molecular weight is 628 g/mol. The van der Waals surface area contributed by atoms with Gasteiger partial charge in [-0.25, -0.2) is 8.42 Å². The molecule has 0 amide bonds. The Kier molecular flexibility index (Phi) is 9.04. The molecule has 0 aliphatic carbocycles. The summed E-state index contributed by atoms with van der Waals surface area (Å²) in [6.07, 6.45) is -7.83. The molecule has 3 aromatic carbocycles. The fraction of sp³-hybridized carbons (Fsp3) is 0.387. The second kappa shape index (κ2) is 12.0. The van der Waals surface area contributed by atoms with Gasteiger partial charge in [0.15, 0.2) is 0 Å². The lowest BCUT2D eigenvalue weighted by Crippen LogP contribution is -2.40. The van der Waals surface area contributed by atoms with E-state index >= 15 is 0 Å². The third-order valence-corrected chi connectivity index (χ3v) is 9.95. The summed E-state index contributed by atoms with van der Waals surface area (Å²) >= 11 is 0. The normalized spacial score (nSPS) is 18.3. The second-order valence-electron chi connectivity index (χ2n) is 11.0. The van der Waals surface area contributed by atoms with Crippen molar-refractivity contribution in [1.82, 2.24) is 4.31 Å². The number of nitrogens with zero attached hydrogens (tertiary/aromatic N) is 1. The molecule has 0 bridgehead atoms. The zero-order valence-electron chi connectivity index (χ0n) is 23.5.